The topological polar surface area (TPSA) is 67.3 Å². The molecule has 0 fully saturated rings. The van der Waals surface area contributed by atoms with Gasteiger partial charge in [-0.2, -0.15) is 0 Å². The molecule has 0 unspecified atom stereocenters. The third-order valence-corrected chi connectivity index (χ3v) is 6.20. The van der Waals surface area contributed by atoms with Crippen LogP contribution in [0.5, 0.6) is 0 Å². The summed E-state index contributed by atoms with van der Waals surface area (Å²) in [4.78, 5) is 19.0. The lowest BCUT2D eigenvalue weighted by molar-refractivity contribution is -0.117. The largest absolute Gasteiger partial charge is 0.274 e. The molecule has 5 nitrogen and oxygen atoms in total. The van der Waals surface area contributed by atoms with Crippen LogP contribution in [0.1, 0.15) is 31.7 Å². The van der Waals surface area contributed by atoms with Crippen LogP contribution in [-0.4, -0.2) is 31.3 Å². The fourth-order valence-corrected chi connectivity index (χ4v) is 4.26. The van der Waals surface area contributed by atoms with Gasteiger partial charge in [-0.1, -0.05) is 49.4 Å². The number of carbonyl (C=O) groups is 1. The number of fused-ring (bicyclic) bond motifs is 1. The fourth-order valence-electron chi connectivity index (χ4n) is 2.71. The van der Waals surface area contributed by atoms with Gasteiger partial charge in [0.15, 0.2) is 5.13 Å². The van der Waals surface area contributed by atoms with E-state index in [4.69, 9.17) is 0 Å². The number of hydrogen-bond acceptors (Lipinski definition) is 5. The average Bonchev–Trinajstić information content (AvgIpc) is 3.03. The molecule has 0 aliphatic heterocycles. The van der Waals surface area contributed by atoms with Crippen molar-refractivity contribution in [3.05, 3.63) is 54.1 Å². The SMILES string of the molecule is CC(C)c1ccc(N(C(=O)CCS(C)(=O)=O)c2nc3ccccc3s2)cc1. The number of benzene rings is 2. The molecule has 0 saturated heterocycles. The van der Waals surface area contributed by atoms with Crippen LogP contribution in [0.4, 0.5) is 10.8 Å². The number of aromatic nitrogens is 1. The minimum atomic E-state index is -3.22. The molecule has 0 saturated carbocycles. The number of amides is 1. The van der Waals surface area contributed by atoms with Gasteiger partial charge in [0.05, 0.1) is 21.7 Å². The summed E-state index contributed by atoms with van der Waals surface area (Å²) in [6, 6.07) is 15.4. The molecule has 1 amide bonds. The van der Waals surface area contributed by atoms with Gasteiger partial charge in [0.1, 0.15) is 9.84 Å². The van der Waals surface area contributed by atoms with Crippen molar-refractivity contribution in [2.24, 2.45) is 0 Å². The van der Waals surface area contributed by atoms with E-state index in [0.29, 0.717) is 16.7 Å². The lowest BCUT2D eigenvalue weighted by Crippen LogP contribution is -2.27. The fraction of sp³-hybridized carbons (Fsp3) is 0.300. The van der Waals surface area contributed by atoms with Gasteiger partial charge in [0.2, 0.25) is 5.91 Å². The van der Waals surface area contributed by atoms with Crippen LogP contribution in [0.25, 0.3) is 10.2 Å². The van der Waals surface area contributed by atoms with Crippen molar-refractivity contribution in [2.45, 2.75) is 26.2 Å². The van der Waals surface area contributed by atoms with E-state index in [0.717, 1.165) is 16.5 Å². The van der Waals surface area contributed by atoms with Crippen LogP contribution in [0.2, 0.25) is 0 Å². The second kappa shape index (κ2) is 7.78. The number of sulfone groups is 1. The molecule has 0 aliphatic carbocycles. The number of nitrogens with zero attached hydrogens (tertiary/aromatic N) is 2. The zero-order valence-electron chi connectivity index (χ0n) is 15.5. The van der Waals surface area contributed by atoms with Crippen molar-refractivity contribution in [2.75, 3.05) is 16.9 Å². The summed E-state index contributed by atoms with van der Waals surface area (Å²) < 4.78 is 24.0. The Labute approximate surface area is 163 Å². The molecule has 0 radical (unpaired) electrons. The van der Waals surface area contributed by atoms with Crippen molar-refractivity contribution in [1.82, 2.24) is 4.98 Å². The van der Waals surface area contributed by atoms with Crippen LogP contribution >= 0.6 is 11.3 Å². The van der Waals surface area contributed by atoms with Crippen molar-refractivity contribution >= 4 is 48.1 Å². The average molecular weight is 403 g/mol. The Bertz CT molecular complexity index is 1020. The molecular formula is C20H22N2O3S2. The quantitative estimate of drug-likeness (QED) is 0.608. The van der Waals surface area contributed by atoms with Crippen molar-refractivity contribution in [3.63, 3.8) is 0 Å². The molecule has 0 aliphatic rings. The maximum absolute atomic E-state index is 12.9. The molecular weight excluding hydrogens is 380 g/mol. The summed E-state index contributed by atoms with van der Waals surface area (Å²) in [6.07, 6.45) is 1.06. The molecule has 3 aromatic rings. The summed E-state index contributed by atoms with van der Waals surface area (Å²) in [5.41, 5.74) is 2.68. The number of thiazole rings is 1. The molecule has 27 heavy (non-hydrogen) atoms. The van der Waals surface area contributed by atoms with Crippen LogP contribution in [0.15, 0.2) is 48.5 Å². The molecule has 0 bridgehead atoms. The first-order valence-corrected chi connectivity index (χ1v) is 11.6. The third kappa shape index (κ3) is 4.73. The Morgan fingerprint density at radius 1 is 1.11 bits per heavy atom. The molecule has 1 heterocycles. The van der Waals surface area contributed by atoms with Crippen LogP contribution in [-0.2, 0) is 14.6 Å². The highest BCUT2D eigenvalue weighted by molar-refractivity contribution is 7.90. The van der Waals surface area contributed by atoms with Gasteiger partial charge in [0.25, 0.3) is 0 Å². The Hall–Kier alpha value is -2.25. The first-order chi connectivity index (χ1) is 12.7. The maximum Gasteiger partial charge on any atom is 0.234 e. The van der Waals surface area contributed by atoms with Crippen LogP contribution < -0.4 is 4.90 Å². The van der Waals surface area contributed by atoms with E-state index >= 15 is 0 Å². The Morgan fingerprint density at radius 3 is 2.37 bits per heavy atom. The molecule has 142 valence electrons. The smallest absolute Gasteiger partial charge is 0.234 e. The van der Waals surface area contributed by atoms with Gasteiger partial charge >= 0.3 is 0 Å². The number of carbonyl (C=O) groups excluding carboxylic acids is 1. The van der Waals surface area contributed by atoms with Crippen molar-refractivity contribution in [1.29, 1.82) is 0 Å². The molecule has 1 aromatic heterocycles. The standard InChI is InChI=1S/C20H22N2O3S2/c1-14(2)15-8-10-16(11-9-15)22(19(23)12-13-27(3,24)25)20-21-17-6-4-5-7-18(17)26-20/h4-11,14H,12-13H2,1-3H3. The Kier molecular flexibility index (Phi) is 5.62. The van der Waals surface area contributed by atoms with Crippen molar-refractivity contribution in [3.8, 4) is 0 Å². The van der Waals surface area contributed by atoms with Gasteiger partial charge in [0, 0.05) is 12.7 Å². The highest BCUT2D eigenvalue weighted by Crippen LogP contribution is 2.34. The minimum Gasteiger partial charge on any atom is -0.274 e. The third-order valence-electron chi connectivity index (χ3n) is 4.23. The molecule has 3 rings (SSSR count). The maximum atomic E-state index is 12.9. The summed E-state index contributed by atoms with van der Waals surface area (Å²) in [6.45, 7) is 4.22. The molecule has 7 heteroatoms. The zero-order chi connectivity index (χ0) is 19.6. The predicted octanol–water partition coefficient (Wildman–Crippen LogP) is 4.52. The Morgan fingerprint density at radius 2 is 1.78 bits per heavy atom. The number of anilines is 2. The van der Waals surface area contributed by atoms with E-state index in [1.165, 1.54) is 21.8 Å². The van der Waals surface area contributed by atoms with E-state index < -0.39 is 9.84 Å². The van der Waals surface area contributed by atoms with E-state index in [-0.39, 0.29) is 18.1 Å². The molecule has 2 aromatic carbocycles. The molecule has 0 atom stereocenters. The lowest BCUT2D eigenvalue weighted by atomic mass is 10.0. The summed E-state index contributed by atoms with van der Waals surface area (Å²) >= 11 is 1.42. The normalized spacial score (nSPS) is 11.9. The highest BCUT2D eigenvalue weighted by atomic mass is 32.2. The van der Waals surface area contributed by atoms with E-state index in [1.807, 2.05) is 48.5 Å². The second-order valence-electron chi connectivity index (χ2n) is 6.82. The van der Waals surface area contributed by atoms with E-state index in [1.54, 1.807) is 0 Å². The predicted molar refractivity (Wildman–Crippen MR) is 112 cm³/mol. The zero-order valence-corrected chi connectivity index (χ0v) is 17.2. The van der Waals surface area contributed by atoms with Gasteiger partial charge in [-0.3, -0.25) is 9.69 Å². The van der Waals surface area contributed by atoms with Gasteiger partial charge in [-0.05, 0) is 35.7 Å². The summed E-state index contributed by atoms with van der Waals surface area (Å²) in [5, 5.41) is 0.548. The van der Waals surface area contributed by atoms with Crippen LogP contribution in [0, 0.1) is 0 Å². The van der Waals surface area contributed by atoms with Crippen molar-refractivity contribution < 1.29 is 13.2 Å². The van der Waals surface area contributed by atoms with Gasteiger partial charge in [-0.25, -0.2) is 13.4 Å². The number of para-hydroxylation sites is 1. The Balaban J connectivity index is 2.01. The minimum absolute atomic E-state index is 0.0826. The van der Waals surface area contributed by atoms with E-state index in [2.05, 4.69) is 18.8 Å². The van der Waals surface area contributed by atoms with Gasteiger partial charge in [-0.15, -0.1) is 0 Å². The summed E-state index contributed by atoms with van der Waals surface area (Å²) in [5.74, 6) is -0.0789. The monoisotopic (exact) mass is 402 g/mol. The van der Waals surface area contributed by atoms with Crippen LogP contribution in [0.3, 0.4) is 0 Å². The van der Waals surface area contributed by atoms with Gasteiger partial charge < -0.3 is 0 Å². The highest BCUT2D eigenvalue weighted by Gasteiger charge is 2.23. The van der Waals surface area contributed by atoms with E-state index in [9.17, 15) is 13.2 Å². The molecule has 0 N–H and O–H groups in total. The molecule has 0 spiro atoms. The number of hydrogen-bond donors (Lipinski definition) is 0. The first-order valence-electron chi connectivity index (χ1n) is 8.71. The summed E-state index contributed by atoms with van der Waals surface area (Å²) in [7, 11) is -3.22. The lowest BCUT2D eigenvalue weighted by Gasteiger charge is -2.20. The number of rotatable bonds is 6. The second-order valence-corrected chi connectivity index (χ2v) is 10.1. The first kappa shape index (κ1) is 19.5.